The Morgan fingerprint density at radius 2 is 2.03 bits per heavy atom. The molecule has 0 N–H and O–H groups in total. The molecule has 0 bridgehead atoms. The van der Waals surface area contributed by atoms with E-state index in [1.807, 2.05) is 64.9 Å². The average molecular weight is 420 g/mol. The molecule has 0 aliphatic carbocycles. The van der Waals surface area contributed by atoms with Crippen molar-refractivity contribution in [1.29, 1.82) is 0 Å². The summed E-state index contributed by atoms with van der Waals surface area (Å²) in [5.74, 6) is 2.85. The molecule has 0 amide bonds. The van der Waals surface area contributed by atoms with Gasteiger partial charge in [-0.15, -0.1) is 10.2 Å². The van der Waals surface area contributed by atoms with Crippen molar-refractivity contribution in [1.82, 2.24) is 19.6 Å². The number of ether oxygens (including phenoxy) is 1. The minimum Gasteiger partial charge on any atom is -0.459 e. The Kier molecular flexibility index (Phi) is 4.61. The number of aromatic nitrogens is 4. The van der Waals surface area contributed by atoms with Gasteiger partial charge in [0.1, 0.15) is 30.3 Å². The molecule has 3 heterocycles. The monoisotopic (exact) mass is 419 g/mol. The molecule has 0 aliphatic heterocycles. The standard InChI is InChI=1S/C22H18ClN5O2/c1-27(16-5-3-4-14(10-16)20-9-7-17(30-20)12-29-2)21-18-8-6-15(23)11-19(18)28-13-24-26-22(28)25-21/h3-11,13H,12H2,1-2H3. The number of nitrogens with zero attached hydrogens (tertiary/aromatic N) is 5. The maximum absolute atomic E-state index is 6.24. The summed E-state index contributed by atoms with van der Waals surface area (Å²) in [7, 11) is 3.62. The Bertz CT molecular complexity index is 1360. The fourth-order valence-electron chi connectivity index (χ4n) is 3.52. The Hall–Kier alpha value is -3.42. The summed E-state index contributed by atoms with van der Waals surface area (Å²) in [4.78, 5) is 6.75. The van der Waals surface area contributed by atoms with E-state index in [0.29, 0.717) is 17.4 Å². The van der Waals surface area contributed by atoms with Crippen LogP contribution in [0.5, 0.6) is 0 Å². The number of rotatable bonds is 5. The van der Waals surface area contributed by atoms with E-state index >= 15 is 0 Å². The predicted molar refractivity (Wildman–Crippen MR) is 116 cm³/mol. The summed E-state index contributed by atoms with van der Waals surface area (Å²) in [5, 5.41) is 9.70. The third-order valence-corrected chi connectivity index (χ3v) is 5.21. The topological polar surface area (TPSA) is 68.7 Å². The van der Waals surface area contributed by atoms with Crippen molar-refractivity contribution in [3.63, 3.8) is 0 Å². The van der Waals surface area contributed by atoms with Gasteiger partial charge in [-0.1, -0.05) is 23.7 Å². The maximum atomic E-state index is 6.24. The molecule has 0 unspecified atom stereocenters. The first-order valence-corrected chi connectivity index (χ1v) is 9.72. The minimum absolute atomic E-state index is 0.441. The summed E-state index contributed by atoms with van der Waals surface area (Å²) < 4.78 is 12.9. The zero-order valence-corrected chi connectivity index (χ0v) is 17.2. The van der Waals surface area contributed by atoms with Crippen LogP contribution in [0, 0.1) is 0 Å². The normalized spacial score (nSPS) is 11.4. The fourth-order valence-corrected chi connectivity index (χ4v) is 3.69. The lowest BCUT2D eigenvalue weighted by Gasteiger charge is -2.21. The highest BCUT2D eigenvalue weighted by molar-refractivity contribution is 6.31. The van der Waals surface area contributed by atoms with Crippen molar-refractivity contribution in [2.75, 3.05) is 19.1 Å². The lowest BCUT2D eigenvalue weighted by molar-refractivity contribution is 0.165. The molecule has 30 heavy (non-hydrogen) atoms. The molecule has 0 aliphatic rings. The van der Waals surface area contributed by atoms with Crippen LogP contribution in [-0.2, 0) is 11.3 Å². The van der Waals surface area contributed by atoms with Gasteiger partial charge in [-0.05, 0) is 42.5 Å². The van der Waals surface area contributed by atoms with Crippen molar-refractivity contribution in [2.45, 2.75) is 6.61 Å². The summed E-state index contributed by atoms with van der Waals surface area (Å²) >= 11 is 6.24. The van der Waals surface area contributed by atoms with Gasteiger partial charge in [0, 0.05) is 35.8 Å². The Balaban J connectivity index is 1.60. The van der Waals surface area contributed by atoms with Crippen molar-refractivity contribution in [2.24, 2.45) is 0 Å². The van der Waals surface area contributed by atoms with E-state index in [1.54, 1.807) is 13.4 Å². The van der Waals surface area contributed by atoms with Crippen LogP contribution in [0.15, 0.2) is 65.3 Å². The molecule has 0 fully saturated rings. The Morgan fingerprint density at radius 1 is 1.13 bits per heavy atom. The van der Waals surface area contributed by atoms with E-state index in [9.17, 15) is 0 Å². The quantitative estimate of drug-likeness (QED) is 0.394. The van der Waals surface area contributed by atoms with E-state index in [4.69, 9.17) is 25.7 Å². The molecule has 5 rings (SSSR count). The second-order valence-electron chi connectivity index (χ2n) is 6.91. The highest BCUT2D eigenvalue weighted by Gasteiger charge is 2.16. The van der Waals surface area contributed by atoms with E-state index in [2.05, 4.69) is 16.3 Å². The highest BCUT2D eigenvalue weighted by Crippen LogP contribution is 2.33. The van der Waals surface area contributed by atoms with E-state index in [1.165, 1.54) is 0 Å². The summed E-state index contributed by atoms with van der Waals surface area (Å²) in [6.07, 6.45) is 1.64. The van der Waals surface area contributed by atoms with Crippen LogP contribution in [0.3, 0.4) is 0 Å². The molecular formula is C22H18ClN5O2. The lowest BCUT2D eigenvalue weighted by Crippen LogP contribution is -2.13. The summed E-state index contributed by atoms with van der Waals surface area (Å²) in [5.41, 5.74) is 2.83. The number of hydrogen-bond donors (Lipinski definition) is 0. The van der Waals surface area contributed by atoms with Gasteiger partial charge < -0.3 is 14.1 Å². The van der Waals surface area contributed by atoms with Crippen LogP contribution >= 0.6 is 11.6 Å². The number of hydrogen-bond acceptors (Lipinski definition) is 6. The Labute approximate surface area is 177 Å². The molecular weight excluding hydrogens is 402 g/mol. The largest absolute Gasteiger partial charge is 0.459 e. The van der Waals surface area contributed by atoms with Gasteiger partial charge in [-0.2, -0.15) is 4.98 Å². The molecule has 0 spiro atoms. The molecule has 150 valence electrons. The van der Waals surface area contributed by atoms with Crippen molar-refractivity contribution >= 4 is 39.8 Å². The predicted octanol–water partition coefficient (Wildman–Crippen LogP) is 5.11. The summed E-state index contributed by atoms with van der Waals surface area (Å²) in [6, 6.07) is 17.7. The van der Waals surface area contributed by atoms with E-state index in [-0.39, 0.29) is 0 Å². The first-order chi connectivity index (χ1) is 14.6. The van der Waals surface area contributed by atoms with Gasteiger partial charge in [-0.25, -0.2) is 0 Å². The second-order valence-corrected chi connectivity index (χ2v) is 7.34. The maximum Gasteiger partial charge on any atom is 0.257 e. The van der Waals surface area contributed by atoms with Gasteiger partial charge >= 0.3 is 0 Å². The van der Waals surface area contributed by atoms with Crippen LogP contribution in [-0.4, -0.2) is 33.7 Å². The molecule has 5 aromatic rings. The van der Waals surface area contributed by atoms with Gasteiger partial charge in [-0.3, -0.25) is 4.40 Å². The first-order valence-electron chi connectivity index (χ1n) is 9.35. The zero-order chi connectivity index (χ0) is 20.7. The minimum atomic E-state index is 0.441. The van der Waals surface area contributed by atoms with Gasteiger partial charge in [0.15, 0.2) is 0 Å². The second kappa shape index (κ2) is 7.44. The van der Waals surface area contributed by atoms with Gasteiger partial charge in [0.2, 0.25) is 0 Å². The number of fused-ring (bicyclic) bond motifs is 3. The number of methoxy groups -OCH3 is 1. The lowest BCUT2D eigenvalue weighted by atomic mass is 10.1. The number of anilines is 2. The fraction of sp³-hybridized carbons (Fsp3) is 0.136. The van der Waals surface area contributed by atoms with Crippen molar-refractivity contribution in [3.05, 3.63) is 71.7 Å². The molecule has 0 saturated heterocycles. The molecule has 7 nitrogen and oxygen atoms in total. The van der Waals surface area contributed by atoms with Gasteiger partial charge in [0.05, 0.1) is 5.52 Å². The van der Waals surface area contributed by atoms with Crippen LogP contribution in [0.4, 0.5) is 11.5 Å². The number of benzene rings is 2. The van der Waals surface area contributed by atoms with Crippen molar-refractivity contribution < 1.29 is 9.15 Å². The molecule has 0 atom stereocenters. The third kappa shape index (κ3) is 3.18. The zero-order valence-electron chi connectivity index (χ0n) is 16.4. The van der Waals surface area contributed by atoms with E-state index in [0.717, 1.165) is 39.5 Å². The molecule has 0 saturated carbocycles. The number of halogens is 1. The van der Waals surface area contributed by atoms with Gasteiger partial charge in [0.25, 0.3) is 5.78 Å². The SMILES string of the molecule is COCc1ccc(-c2cccc(N(C)c3nc4nncn4c4cc(Cl)ccc34)c2)o1. The smallest absolute Gasteiger partial charge is 0.257 e. The van der Waals surface area contributed by atoms with Crippen molar-refractivity contribution in [3.8, 4) is 11.3 Å². The van der Waals surface area contributed by atoms with E-state index < -0.39 is 0 Å². The van der Waals surface area contributed by atoms with Crippen LogP contribution in [0.1, 0.15) is 5.76 Å². The molecule has 3 aromatic heterocycles. The highest BCUT2D eigenvalue weighted by atomic mass is 35.5. The third-order valence-electron chi connectivity index (χ3n) is 4.98. The average Bonchev–Trinajstić information content (AvgIpc) is 3.42. The molecule has 8 heteroatoms. The van der Waals surface area contributed by atoms with Crippen LogP contribution in [0.2, 0.25) is 5.02 Å². The summed E-state index contributed by atoms with van der Waals surface area (Å²) in [6.45, 7) is 0.441. The molecule has 0 radical (unpaired) electrons. The Morgan fingerprint density at radius 3 is 2.90 bits per heavy atom. The van der Waals surface area contributed by atoms with Crippen LogP contribution in [0.25, 0.3) is 28.0 Å². The van der Waals surface area contributed by atoms with Crippen LogP contribution < -0.4 is 4.90 Å². The number of furan rings is 1. The molecule has 2 aromatic carbocycles. The first kappa shape index (κ1) is 18.6.